The van der Waals surface area contributed by atoms with Crippen molar-refractivity contribution in [2.45, 2.75) is 19.6 Å². The van der Waals surface area contributed by atoms with Crippen LogP contribution in [0.4, 0.5) is 10.2 Å². The largest absolute Gasteiger partial charge is 0.482 e. The maximum absolute atomic E-state index is 14.0. The predicted octanol–water partition coefficient (Wildman–Crippen LogP) is 1.98. The zero-order valence-electron chi connectivity index (χ0n) is 17.2. The smallest absolute Gasteiger partial charge is 0.254 e. The fourth-order valence-corrected chi connectivity index (χ4v) is 3.63. The topological polar surface area (TPSA) is 142 Å². The van der Waals surface area contributed by atoms with Gasteiger partial charge in [0.25, 0.3) is 5.91 Å². The Morgan fingerprint density at radius 3 is 2.77 bits per heavy atom. The number of nitriles is 1. The Labute approximate surface area is 177 Å². The number of pyridine rings is 1. The number of carbonyl (C=O) groups excluding carboxylic acids is 1. The molecular weight excluding hydrogens is 403 g/mol. The summed E-state index contributed by atoms with van der Waals surface area (Å²) in [4.78, 5) is 18.8. The first-order valence-corrected chi connectivity index (χ1v) is 9.23. The van der Waals surface area contributed by atoms with E-state index in [9.17, 15) is 14.4 Å². The molecule has 4 rings (SSSR count). The van der Waals surface area contributed by atoms with E-state index in [0.29, 0.717) is 33.6 Å². The van der Waals surface area contributed by atoms with Crippen molar-refractivity contribution < 1.29 is 19.4 Å². The molecule has 0 saturated carbocycles. The standard InChI is InChI=1S/C21H19FN6O2.H2O/c1-11-15-7-13(22)4-5-14(15)21(29)27(2)10-16-19(17(8-23)28(3)26-16)12-6-18(30-11)20(24)25-9-12;/h4-7,9,11H,10H2,1-3H3,(H2,24,25);1H2/t11-;/m1./s1. The average Bonchev–Trinajstić information content (AvgIpc) is 3.03. The number of aromatic nitrogens is 3. The fourth-order valence-electron chi connectivity index (χ4n) is 3.63. The van der Waals surface area contributed by atoms with Gasteiger partial charge in [-0.05, 0) is 31.2 Å². The lowest BCUT2D eigenvalue weighted by molar-refractivity contribution is 0.0778. The summed E-state index contributed by atoms with van der Waals surface area (Å²) < 4.78 is 21.4. The molecule has 1 atom stereocenters. The van der Waals surface area contributed by atoms with Crippen LogP contribution >= 0.6 is 0 Å². The van der Waals surface area contributed by atoms with Crippen molar-refractivity contribution in [2.24, 2.45) is 7.05 Å². The third-order valence-electron chi connectivity index (χ3n) is 5.12. The predicted molar refractivity (Wildman–Crippen MR) is 110 cm³/mol. The number of benzene rings is 1. The molecule has 0 saturated heterocycles. The number of halogens is 1. The van der Waals surface area contributed by atoms with Crippen molar-refractivity contribution in [1.82, 2.24) is 19.7 Å². The highest BCUT2D eigenvalue weighted by molar-refractivity contribution is 5.95. The zero-order chi connectivity index (χ0) is 21.6. The Balaban J connectivity index is 0.00000272. The summed E-state index contributed by atoms with van der Waals surface area (Å²) in [5.74, 6) is -0.369. The number of carbonyl (C=O) groups is 1. The van der Waals surface area contributed by atoms with Gasteiger partial charge in [-0.15, -0.1) is 0 Å². The van der Waals surface area contributed by atoms with Gasteiger partial charge in [-0.2, -0.15) is 10.4 Å². The molecular formula is C21H21FN6O3. The zero-order valence-corrected chi connectivity index (χ0v) is 17.2. The van der Waals surface area contributed by atoms with Gasteiger partial charge in [-0.3, -0.25) is 9.48 Å². The number of anilines is 1. The Morgan fingerprint density at radius 2 is 2.06 bits per heavy atom. The minimum Gasteiger partial charge on any atom is -0.482 e. The molecule has 3 aromatic rings. The minimum absolute atomic E-state index is 0. The highest BCUT2D eigenvalue weighted by Crippen LogP contribution is 2.35. The van der Waals surface area contributed by atoms with E-state index in [0.717, 1.165) is 0 Å². The molecule has 4 N–H and O–H groups in total. The molecule has 0 aliphatic carbocycles. The molecule has 2 bridgehead atoms. The number of rotatable bonds is 0. The Bertz CT molecular complexity index is 1220. The third kappa shape index (κ3) is 3.67. The highest BCUT2D eigenvalue weighted by atomic mass is 19.1. The fraction of sp³-hybridized carbons (Fsp3) is 0.238. The molecule has 1 aliphatic heterocycles. The van der Waals surface area contributed by atoms with Crippen LogP contribution in [0.3, 0.4) is 0 Å². The summed E-state index contributed by atoms with van der Waals surface area (Å²) in [5, 5.41) is 14.1. The molecule has 0 fully saturated rings. The maximum Gasteiger partial charge on any atom is 0.254 e. The lowest BCUT2D eigenvalue weighted by atomic mass is 10.00. The van der Waals surface area contributed by atoms with Crippen LogP contribution in [-0.2, 0) is 13.6 Å². The van der Waals surface area contributed by atoms with Gasteiger partial charge >= 0.3 is 0 Å². The van der Waals surface area contributed by atoms with Crippen molar-refractivity contribution in [2.75, 3.05) is 12.8 Å². The lowest BCUT2D eigenvalue weighted by Gasteiger charge is -2.23. The van der Waals surface area contributed by atoms with Gasteiger partial charge in [0.1, 0.15) is 23.7 Å². The van der Waals surface area contributed by atoms with E-state index < -0.39 is 11.9 Å². The van der Waals surface area contributed by atoms with E-state index in [1.165, 1.54) is 34.0 Å². The van der Waals surface area contributed by atoms with E-state index in [1.54, 1.807) is 27.1 Å². The van der Waals surface area contributed by atoms with Gasteiger partial charge in [0, 0.05) is 42.5 Å². The van der Waals surface area contributed by atoms with Crippen LogP contribution in [0.15, 0.2) is 30.5 Å². The lowest BCUT2D eigenvalue weighted by Crippen LogP contribution is -2.28. The number of fused-ring (bicyclic) bond motifs is 5. The number of nitrogen functional groups attached to an aromatic ring is 1. The first-order valence-electron chi connectivity index (χ1n) is 9.23. The number of hydrogen-bond acceptors (Lipinski definition) is 6. The summed E-state index contributed by atoms with van der Waals surface area (Å²) in [6, 6.07) is 7.79. The summed E-state index contributed by atoms with van der Waals surface area (Å²) in [7, 11) is 3.29. The Hall–Kier alpha value is -3.97. The molecule has 2 aromatic heterocycles. The van der Waals surface area contributed by atoms with Gasteiger partial charge in [-0.25, -0.2) is 9.37 Å². The van der Waals surface area contributed by atoms with Crippen molar-refractivity contribution in [3.05, 3.63) is 58.8 Å². The van der Waals surface area contributed by atoms with Gasteiger partial charge < -0.3 is 20.8 Å². The van der Waals surface area contributed by atoms with Crippen LogP contribution in [0.1, 0.15) is 40.3 Å². The van der Waals surface area contributed by atoms with Crippen LogP contribution < -0.4 is 10.5 Å². The maximum atomic E-state index is 14.0. The highest BCUT2D eigenvalue weighted by Gasteiger charge is 2.26. The number of ether oxygens (including phenoxy) is 1. The van der Waals surface area contributed by atoms with E-state index in [1.807, 2.05) is 0 Å². The van der Waals surface area contributed by atoms with Gasteiger partial charge in [0.15, 0.2) is 11.6 Å². The summed E-state index contributed by atoms with van der Waals surface area (Å²) in [6.07, 6.45) is 0.866. The molecule has 1 aliphatic rings. The number of aryl methyl sites for hydroxylation is 1. The molecule has 0 radical (unpaired) electrons. The molecule has 10 heteroatoms. The van der Waals surface area contributed by atoms with Crippen LogP contribution in [0, 0.1) is 17.1 Å². The van der Waals surface area contributed by atoms with E-state index in [-0.39, 0.29) is 29.5 Å². The van der Waals surface area contributed by atoms with Crippen LogP contribution in [0.25, 0.3) is 11.1 Å². The number of nitrogens with two attached hydrogens (primary N) is 1. The Morgan fingerprint density at radius 1 is 1.32 bits per heavy atom. The molecule has 9 nitrogen and oxygen atoms in total. The molecule has 0 unspecified atom stereocenters. The minimum atomic E-state index is -0.671. The van der Waals surface area contributed by atoms with Crippen molar-refractivity contribution >= 4 is 11.7 Å². The van der Waals surface area contributed by atoms with Crippen LogP contribution in [0.2, 0.25) is 0 Å². The second-order valence-electron chi connectivity index (χ2n) is 7.17. The summed E-state index contributed by atoms with van der Waals surface area (Å²) >= 11 is 0. The third-order valence-corrected chi connectivity index (χ3v) is 5.12. The first-order chi connectivity index (χ1) is 14.3. The molecule has 1 aromatic carbocycles. The monoisotopic (exact) mass is 424 g/mol. The molecule has 160 valence electrons. The van der Waals surface area contributed by atoms with Crippen molar-refractivity contribution in [3.8, 4) is 22.9 Å². The van der Waals surface area contributed by atoms with E-state index >= 15 is 0 Å². The van der Waals surface area contributed by atoms with Crippen LogP contribution in [0.5, 0.6) is 5.75 Å². The SMILES string of the molecule is C[C@H]1Oc2cc(cnc2N)-c2c(nn(C)c2C#N)CN(C)C(=O)c2ccc(F)cc21.O. The molecule has 31 heavy (non-hydrogen) atoms. The number of nitrogens with zero attached hydrogens (tertiary/aromatic N) is 5. The average molecular weight is 424 g/mol. The first kappa shape index (κ1) is 21.7. The van der Waals surface area contributed by atoms with Crippen molar-refractivity contribution in [3.63, 3.8) is 0 Å². The van der Waals surface area contributed by atoms with Gasteiger partial charge in [-0.1, -0.05) is 0 Å². The Kier molecular flexibility index (Phi) is 5.64. The summed E-state index contributed by atoms with van der Waals surface area (Å²) in [6.45, 7) is 1.86. The second-order valence-corrected chi connectivity index (χ2v) is 7.17. The van der Waals surface area contributed by atoms with E-state index in [4.69, 9.17) is 10.5 Å². The van der Waals surface area contributed by atoms with E-state index in [2.05, 4.69) is 16.2 Å². The molecule has 3 heterocycles. The normalized spacial score (nSPS) is 15.4. The molecule has 1 amide bonds. The van der Waals surface area contributed by atoms with Gasteiger partial charge in [0.2, 0.25) is 0 Å². The quantitative estimate of drug-likeness (QED) is 0.585. The van der Waals surface area contributed by atoms with Crippen LogP contribution in [-0.4, -0.2) is 38.1 Å². The second kappa shape index (κ2) is 8.04. The number of hydrogen-bond donors (Lipinski definition) is 1. The number of amides is 1. The van der Waals surface area contributed by atoms with Crippen molar-refractivity contribution in [1.29, 1.82) is 5.26 Å². The summed E-state index contributed by atoms with van der Waals surface area (Å²) in [5.41, 5.74) is 8.72. The van der Waals surface area contributed by atoms with Gasteiger partial charge in [0.05, 0.1) is 12.2 Å². The molecule has 0 spiro atoms.